The van der Waals surface area contributed by atoms with Gasteiger partial charge in [-0.25, -0.2) is 0 Å². The van der Waals surface area contributed by atoms with Crippen molar-refractivity contribution in [2.75, 3.05) is 0 Å². The first-order valence-electron chi connectivity index (χ1n) is 6.62. The Balaban J connectivity index is 2.33. The maximum absolute atomic E-state index is 12.4. The van der Waals surface area contributed by atoms with Gasteiger partial charge in [0.15, 0.2) is 0 Å². The summed E-state index contributed by atoms with van der Waals surface area (Å²) in [6.45, 7) is 3.27. The molecule has 0 aliphatic rings. The first-order chi connectivity index (χ1) is 9.90. The van der Waals surface area contributed by atoms with Gasteiger partial charge in [0.05, 0.1) is 5.92 Å². The van der Waals surface area contributed by atoms with Gasteiger partial charge in [0.25, 0.3) is 5.91 Å². The molecule has 2 N–H and O–H groups in total. The van der Waals surface area contributed by atoms with Crippen LogP contribution in [0.2, 0.25) is 0 Å². The van der Waals surface area contributed by atoms with E-state index in [1.165, 1.54) is 0 Å². The third kappa shape index (κ3) is 3.42. The number of carbonyl (C=O) groups excluding carboxylic acids is 1. The summed E-state index contributed by atoms with van der Waals surface area (Å²) in [5.41, 5.74) is 0.532. The number of carbonyl (C=O) groups is 2. The molecule has 2 atom stereocenters. The molecular weight excluding hydrogens is 334 g/mol. The van der Waals surface area contributed by atoms with E-state index in [1.54, 1.807) is 19.9 Å². The molecule has 2 unspecified atom stereocenters. The van der Waals surface area contributed by atoms with Crippen LogP contribution in [0.1, 0.15) is 24.2 Å². The predicted molar refractivity (Wildman–Crippen MR) is 85.4 cm³/mol. The summed E-state index contributed by atoms with van der Waals surface area (Å²) < 4.78 is 0.810. The van der Waals surface area contributed by atoms with Gasteiger partial charge in [-0.15, -0.1) is 0 Å². The van der Waals surface area contributed by atoms with Crippen LogP contribution in [-0.4, -0.2) is 23.0 Å². The monoisotopic (exact) mass is 349 g/mol. The molecule has 0 bridgehead atoms. The topological polar surface area (TPSA) is 66.4 Å². The molecule has 2 aromatic rings. The quantitative estimate of drug-likeness (QED) is 0.888. The lowest BCUT2D eigenvalue weighted by Crippen LogP contribution is -2.40. The Labute approximate surface area is 131 Å². The summed E-state index contributed by atoms with van der Waals surface area (Å²) in [6, 6.07) is 10.8. The first kappa shape index (κ1) is 15.5. The van der Waals surface area contributed by atoms with Crippen LogP contribution in [0, 0.1) is 5.92 Å². The summed E-state index contributed by atoms with van der Waals surface area (Å²) in [5, 5.41) is 13.5. The molecule has 0 aliphatic heterocycles. The van der Waals surface area contributed by atoms with Crippen molar-refractivity contribution in [1.29, 1.82) is 0 Å². The number of nitrogens with one attached hydrogen (secondary N) is 1. The second-order valence-corrected chi connectivity index (χ2v) is 5.98. The molecule has 4 nitrogen and oxygen atoms in total. The van der Waals surface area contributed by atoms with E-state index in [9.17, 15) is 9.59 Å². The molecular formula is C16H16BrNO3. The first-order valence-corrected chi connectivity index (χ1v) is 7.41. The second-order valence-electron chi connectivity index (χ2n) is 5.06. The van der Waals surface area contributed by atoms with Crippen LogP contribution < -0.4 is 5.32 Å². The van der Waals surface area contributed by atoms with Crippen LogP contribution in [-0.2, 0) is 4.79 Å². The van der Waals surface area contributed by atoms with E-state index in [0.29, 0.717) is 5.56 Å². The van der Waals surface area contributed by atoms with E-state index < -0.39 is 17.9 Å². The Morgan fingerprint density at radius 3 is 2.52 bits per heavy atom. The summed E-state index contributed by atoms with van der Waals surface area (Å²) in [4.78, 5) is 23.4. The maximum Gasteiger partial charge on any atom is 0.308 e. The summed E-state index contributed by atoms with van der Waals surface area (Å²) in [6.07, 6.45) is 0. The van der Waals surface area contributed by atoms with E-state index in [4.69, 9.17) is 5.11 Å². The predicted octanol–water partition coefficient (Wildman–Crippen LogP) is 3.44. The van der Waals surface area contributed by atoms with Crippen LogP contribution in [0.25, 0.3) is 10.8 Å². The Bertz CT molecular complexity index is 699. The second kappa shape index (κ2) is 6.26. The van der Waals surface area contributed by atoms with Crippen molar-refractivity contribution >= 4 is 38.6 Å². The fourth-order valence-corrected chi connectivity index (χ4v) is 2.56. The smallest absolute Gasteiger partial charge is 0.308 e. The summed E-state index contributed by atoms with van der Waals surface area (Å²) >= 11 is 3.40. The standard InChI is InChI=1S/C16H16BrNO3/c1-9(16(20)21)10(2)18-15(19)14-8-12(17)7-11-5-3-4-6-13(11)14/h3-10H,1-2H3,(H,18,19)(H,20,21). The van der Waals surface area contributed by atoms with Crippen LogP contribution in [0.5, 0.6) is 0 Å². The molecule has 0 saturated heterocycles. The zero-order valence-electron chi connectivity index (χ0n) is 11.8. The van der Waals surface area contributed by atoms with E-state index in [2.05, 4.69) is 21.2 Å². The average Bonchev–Trinajstić information content (AvgIpc) is 2.45. The molecule has 5 heteroatoms. The van der Waals surface area contributed by atoms with Gasteiger partial charge < -0.3 is 10.4 Å². The lowest BCUT2D eigenvalue weighted by molar-refractivity contribution is -0.141. The highest BCUT2D eigenvalue weighted by Gasteiger charge is 2.22. The number of carboxylic acid groups (broad SMARTS) is 1. The average molecular weight is 350 g/mol. The number of hydrogen-bond acceptors (Lipinski definition) is 2. The van der Waals surface area contributed by atoms with Gasteiger partial charge in [-0.1, -0.05) is 40.2 Å². The molecule has 110 valence electrons. The molecule has 0 radical (unpaired) electrons. The third-order valence-corrected chi connectivity index (χ3v) is 4.03. The normalized spacial score (nSPS) is 13.7. The maximum atomic E-state index is 12.4. The number of carboxylic acids is 1. The minimum Gasteiger partial charge on any atom is -0.481 e. The number of amides is 1. The zero-order chi connectivity index (χ0) is 15.6. The van der Waals surface area contributed by atoms with Crippen molar-refractivity contribution in [1.82, 2.24) is 5.32 Å². The van der Waals surface area contributed by atoms with Gasteiger partial charge in [0.1, 0.15) is 0 Å². The van der Waals surface area contributed by atoms with Gasteiger partial charge in [-0.3, -0.25) is 9.59 Å². The van der Waals surface area contributed by atoms with Gasteiger partial charge in [0.2, 0.25) is 0 Å². The molecule has 0 fully saturated rings. The number of hydrogen-bond donors (Lipinski definition) is 2. The largest absolute Gasteiger partial charge is 0.481 e. The van der Waals surface area contributed by atoms with Crippen molar-refractivity contribution in [3.05, 3.63) is 46.4 Å². The molecule has 21 heavy (non-hydrogen) atoms. The highest BCUT2D eigenvalue weighted by atomic mass is 79.9. The highest BCUT2D eigenvalue weighted by molar-refractivity contribution is 9.10. The fraction of sp³-hybridized carbons (Fsp3) is 0.250. The van der Waals surface area contributed by atoms with Gasteiger partial charge in [-0.2, -0.15) is 0 Å². The van der Waals surface area contributed by atoms with Crippen molar-refractivity contribution < 1.29 is 14.7 Å². The molecule has 0 spiro atoms. The van der Waals surface area contributed by atoms with Crippen molar-refractivity contribution in [2.45, 2.75) is 19.9 Å². The summed E-state index contributed by atoms with van der Waals surface area (Å²) in [7, 11) is 0. The number of fused-ring (bicyclic) bond motifs is 1. The van der Waals surface area contributed by atoms with Crippen LogP contribution >= 0.6 is 15.9 Å². The Hall–Kier alpha value is -1.88. The lowest BCUT2D eigenvalue weighted by atomic mass is 10.0. The van der Waals surface area contributed by atoms with Crippen LogP contribution in [0.3, 0.4) is 0 Å². The minimum absolute atomic E-state index is 0.270. The van der Waals surface area contributed by atoms with Gasteiger partial charge >= 0.3 is 5.97 Å². The zero-order valence-corrected chi connectivity index (χ0v) is 13.3. The minimum atomic E-state index is -0.929. The van der Waals surface area contributed by atoms with Crippen LogP contribution in [0.15, 0.2) is 40.9 Å². The Kier molecular flexibility index (Phi) is 4.63. The summed E-state index contributed by atoms with van der Waals surface area (Å²) in [5.74, 6) is -1.85. The van der Waals surface area contributed by atoms with E-state index in [0.717, 1.165) is 15.2 Å². The highest BCUT2D eigenvalue weighted by Crippen LogP contribution is 2.24. The SMILES string of the molecule is CC(NC(=O)c1cc(Br)cc2ccccc12)C(C)C(=O)O. The molecule has 0 aromatic heterocycles. The van der Waals surface area contributed by atoms with Crippen LogP contribution in [0.4, 0.5) is 0 Å². The fourth-order valence-electron chi connectivity index (χ4n) is 2.09. The van der Waals surface area contributed by atoms with Crippen molar-refractivity contribution in [3.8, 4) is 0 Å². The molecule has 0 saturated carbocycles. The van der Waals surface area contributed by atoms with Crippen molar-refractivity contribution in [2.24, 2.45) is 5.92 Å². The Morgan fingerprint density at radius 1 is 1.19 bits per heavy atom. The van der Waals surface area contributed by atoms with E-state index >= 15 is 0 Å². The number of benzene rings is 2. The number of aliphatic carboxylic acids is 1. The molecule has 0 aliphatic carbocycles. The number of rotatable bonds is 4. The van der Waals surface area contributed by atoms with E-state index in [1.807, 2.05) is 30.3 Å². The van der Waals surface area contributed by atoms with Gasteiger partial charge in [-0.05, 0) is 36.8 Å². The molecule has 2 rings (SSSR count). The molecule has 1 amide bonds. The molecule has 0 heterocycles. The van der Waals surface area contributed by atoms with Crippen molar-refractivity contribution in [3.63, 3.8) is 0 Å². The Morgan fingerprint density at radius 2 is 1.86 bits per heavy atom. The third-order valence-electron chi connectivity index (χ3n) is 3.57. The van der Waals surface area contributed by atoms with Gasteiger partial charge in [0, 0.05) is 16.1 Å². The number of halogens is 1. The molecule has 2 aromatic carbocycles. The van der Waals surface area contributed by atoms with E-state index in [-0.39, 0.29) is 5.91 Å². The lowest BCUT2D eigenvalue weighted by Gasteiger charge is -2.18.